The van der Waals surface area contributed by atoms with Gasteiger partial charge in [0.05, 0.1) is 17.3 Å². The van der Waals surface area contributed by atoms with Crippen molar-refractivity contribution in [3.63, 3.8) is 0 Å². The van der Waals surface area contributed by atoms with Crippen LogP contribution in [0.2, 0.25) is 0 Å². The fourth-order valence-corrected chi connectivity index (χ4v) is 2.21. The van der Waals surface area contributed by atoms with Crippen molar-refractivity contribution in [2.24, 2.45) is 5.92 Å². The predicted octanol–water partition coefficient (Wildman–Crippen LogP) is 5.04. The molecule has 1 N–H and O–H groups in total. The summed E-state index contributed by atoms with van der Waals surface area (Å²) in [5.41, 5.74) is 6.59. The van der Waals surface area contributed by atoms with E-state index in [2.05, 4.69) is 23.6 Å². The zero-order valence-electron chi connectivity index (χ0n) is 16.4. The number of nitrogens with zero attached hydrogens (tertiary/aromatic N) is 2. The largest absolute Gasteiger partial charge is 0.273 e. The monoisotopic (exact) mass is 351 g/mol. The molecule has 0 radical (unpaired) electrons. The third-order valence-electron chi connectivity index (χ3n) is 3.95. The Hall–Kier alpha value is -2.88. The summed E-state index contributed by atoms with van der Waals surface area (Å²) in [6, 6.07) is 0. The minimum atomic E-state index is -0.287. The summed E-state index contributed by atoms with van der Waals surface area (Å²) >= 11 is 0. The quantitative estimate of drug-likeness (QED) is 0.667. The number of hydrogen-bond donors (Lipinski definition) is 1. The highest BCUT2D eigenvalue weighted by atomic mass is 16.2. The van der Waals surface area contributed by atoms with E-state index in [1.165, 1.54) is 0 Å². The molecule has 0 aliphatic heterocycles. The smallest absolute Gasteiger partial charge is 0.245 e. The fraction of sp³-hybridized carbons (Fsp3) is 0.273. The molecule has 0 aromatic carbocycles. The van der Waals surface area contributed by atoms with Crippen LogP contribution < -0.4 is 5.43 Å². The molecule has 0 fully saturated rings. The van der Waals surface area contributed by atoms with Gasteiger partial charge in [-0.3, -0.25) is 10.2 Å². The third kappa shape index (κ3) is 5.59. The van der Waals surface area contributed by atoms with Gasteiger partial charge < -0.3 is 0 Å². The van der Waals surface area contributed by atoms with Crippen molar-refractivity contribution in [1.29, 1.82) is 0 Å². The van der Waals surface area contributed by atoms with Crippen molar-refractivity contribution in [3.05, 3.63) is 84.6 Å². The number of aryl methyl sites for hydroxylation is 1. The molecule has 26 heavy (non-hydrogen) atoms. The van der Waals surface area contributed by atoms with Crippen molar-refractivity contribution < 1.29 is 4.79 Å². The van der Waals surface area contributed by atoms with Crippen LogP contribution in [0.3, 0.4) is 0 Å². The molecule has 1 amide bonds. The van der Waals surface area contributed by atoms with Gasteiger partial charge in [0.15, 0.2) is 5.82 Å². The molecule has 4 nitrogen and oxygen atoms in total. The maximum absolute atomic E-state index is 12.6. The SMILES string of the molecule is C=C/C=C(C)\C=C/C(C)C(=O)Nn1c(/C(C=C)=C/C=C\C)nc(C)c1C. The number of carbonyl (C=O) groups excluding carboxylic acids is 1. The Morgan fingerprint density at radius 2 is 1.96 bits per heavy atom. The van der Waals surface area contributed by atoms with E-state index in [0.29, 0.717) is 5.82 Å². The summed E-state index contributed by atoms with van der Waals surface area (Å²) in [7, 11) is 0. The second-order valence-corrected chi connectivity index (χ2v) is 6.06. The molecule has 1 aromatic rings. The Kier molecular flexibility index (Phi) is 8.29. The molecule has 1 heterocycles. The zero-order valence-corrected chi connectivity index (χ0v) is 16.4. The van der Waals surface area contributed by atoms with Gasteiger partial charge in [-0.05, 0) is 27.7 Å². The maximum atomic E-state index is 12.6. The summed E-state index contributed by atoms with van der Waals surface area (Å²) in [4.78, 5) is 17.2. The van der Waals surface area contributed by atoms with Crippen molar-refractivity contribution >= 4 is 11.5 Å². The first-order valence-corrected chi connectivity index (χ1v) is 8.65. The number of nitrogens with one attached hydrogen (secondary N) is 1. The number of rotatable bonds is 8. The van der Waals surface area contributed by atoms with Crippen molar-refractivity contribution in [2.45, 2.75) is 34.6 Å². The molecule has 0 spiro atoms. The first-order chi connectivity index (χ1) is 12.3. The number of carbonyl (C=O) groups is 1. The second kappa shape index (κ2) is 10.2. The average molecular weight is 351 g/mol. The molecule has 4 heteroatoms. The molecule has 138 valence electrons. The van der Waals surface area contributed by atoms with Gasteiger partial charge in [-0.25, -0.2) is 9.66 Å². The molecule has 1 aromatic heterocycles. The van der Waals surface area contributed by atoms with E-state index in [1.54, 1.807) is 16.8 Å². The van der Waals surface area contributed by atoms with Crippen molar-refractivity contribution in [3.8, 4) is 0 Å². The van der Waals surface area contributed by atoms with E-state index in [1.807, 2.05) is 71.1 Å². The van der Waals surface area contributed by atoms with Gasteiger partial charge in [0.25, 0.3) is 0 Å². The lowest BCUT2D eigenvalue weighted by molar-refractivity contribution is -0.119. The van der Waals surface area contributed by atoms with Crippen LogP contribution in [0.1, 0.15) is 38.0 Å². The standard InChI is InChI=1S/C22H29N3O/c1-8-11-13-20(10-3)21-23-18(6)19(7)25(21)24-22(26)17(5)15-14-16(4)12-9-2/h8-15,17H,2-3H2,1,4-7H3,(H,24,26)/b11-8-,15-14-,16-12-,20-13+. The number of imidazole rings is 1. The predicted molar refractivity (Wildman–Crippen MR) is 111 cm³/mol. The van der Waals surface area contributed by atoms with E-state index in [-0.39, 0.29) is 11.8 Å². The van der Waals surface area contributed by atoms with Crippen LogP contribution in [0.25, 0.3) is 5.57 Å². The average Bonchev–Trinajstić information content (AvgIpc) is 2.89. The summed E-state index contributed by atoms with van der Waals surface area (Å²) in [6.07, 6.45) is 14.9. The van der Waals surface area contributed by atoms with Crippen molar-refractivity contribution in [2.75, 3.05) is 5.43 Å². The van der Waals surface area contributed by atoms with E-state index >= 15 is 0 Å². The van der Waals surface area contributed by atoms with Crippen LogP contribution in [-0.4, -0.2) is 15.6 Å². The van der Waals surface area contributed by atoms with E-state index in [9.17, 15) is 4.79 Å². The molecule has 0 aliphatic carbocycles. The Balaban J connectivity index is 3.13. The second-order valence-electron chi connectivity index (χ2n) is 6.06. The first kappa shape index (κ1) is 21.2. The van der Waals surface area contributed by atoms with Crippen molar-refractivity contribution in [1.82, 2.24) is 9.66 Å². The highest BCUT2D eigenvalue weighted by Gasteiger charge is 2.17. The van der Waals surface area contributed by atoms with Gasteiger partial charge in [-0.15, -0.1) is 0 Å². The highest BCUT2D eigenvalue weighted by Crippen LogP contribution is 2.18. The van der Waals surface area contributed by atoms with Crippen LogP contribution in [0.15, 0.2) is 67.3 Å². The Morgan fingerprint density at radius 1 is 1.27 bits per heavy atom. The van der Waals surface area contributed by atoms with Gasteiger partial charge in [-0.2, -0.15) is 0 Å². The van der Waals surface area contributed by atoms with Crippen LogP contribution >= 0.6 is 0 Å². The summed E-state index contributed by atoms with van der Waals surface area (Å²) < 4.78 is 1.73. The van der Waals surface area contributed by atoms with Crippen LogP contribution in [-0.2, 0) is 4.79 Å². The number of allylic oxidation sites excluding steroid dienone is 9. The van der Waals surface area contributed by atoms with Gasteiger partial charge >= 0.3 is 0 Å². The molecule has 0 saturated heterocycles. The Morgan fingerprint density at radius 3 is 2.54 bits per heavy atom. The van der Waals surface area contributed by atoms with Crippen LogP contribution in [0.5, 0.6) is 0 Å². The molecule has 0 saturated carbocycles. The maximum Gasteiger partial charge on any atom is 0.245 e. The van der Waals surface area contributed by atoms with Crippen LogP contribution in [0.4, 0.5) is 0 Å². The van der Waals surface area contributed by atoms with Gasteiger partial charge in [0.2, 0.25) is 5.91 Å². The van der Waals surface area contributed by atoms with Crippen LogP contribution in [0, 0.1) is 19.8 Å². The Labute approximate surface area is 157 Å². The van der Waals surface area contributed by atoms with Gasteiger partial charge in [0, 0.05) is 5.57 Å². The Bertz CT molecular complexity index is 789. The number of aromatic nitrogens is 2. The normalized spacial score (nSPS) is 14.0. The molecule has 1 atom stereocenters. The molecule has 1 rings (SSSR count). The highest BCUT2D eigenvalue weighted by molar-refractivity contribution is 5.88. The van der Waals surface area contributed by atoms with Gasteiger partial charge in [-0.1, -0.05) is 74.3 Å². The number of amides is 1. The summed E-state index contributed by atoms with van der Waals surface area (Å²) in [5.74, 6) is 0.272. The first-order valence-electron chi connectivity index (χ1n) is 8.65. The molecule has 1 unspecified atom stereocenters. The minimum absolute atomic E-state index is 0.108. The van der Waals surface area contributed by atoms with E-state index in [4.69, 9.17) is 0 Å². The topological polar surface area (TPSA) is 46.9 Å². The summed E-state index contributed by atoms with van der Waals surface area (Å²) in [5, 5.41) is 0. The van der Waals surface area contributed by atoms with Gasteiger partial charge in [0.1, 0.15) is 0 Å². The summed E-state index contributed by atoms with van der Waals surface area (Å²) in [6.45, 7) is 17.1. The van der Waals surface area contributed by atoms with E-state index in [0.717, 1.165) is 22.5 Å². The molecular weight excluding hydrogens is 322 g/mol. The lowest BCUT2D eigenvalue weighted by atomic mass is 10.1. The third-order valence-corrected chi connectivity index (χ3v) is 3.95. The molecule has 0 aliphatic rings. The zero-order chi connectivity index (χ0) is 19.7. The lowest BCUT2D eigenvalue weighted by Gasteiger charge is -2.14. The van der Waals surface area contributed by atoms with E-state index < -0.39 is 0 Å². The molecular formula is C22H29N3O. The lowest BCUT2D eigenvalue weighted by Crippen LogP contribution is -2.29. The minimum Gasteiger partial charge on any atom is -0.273 e. The number of hydrogen-bond acceptors (Lipinski definition) is 2. The fourth-order valence-electron chi connectivity index (χ4n) is 2.21. The molecule has 0 bridgehead atoms.